The van der Waals surface area contributed by atoms with Gasteiger partial charge >= 0.3 is 0 Å². The van der Waals surface area contributed by atoms with Gasteiger partial charge in [-0.15, -0.1) is 5.10 Å². The lowest BCUT2D eigenvalue weighted by Gasteiger charge is -2.24. The van der Waals surface area contributed by atoms with Crippen LogP contribution in [-0.2, 0) is 0 Å². The van der Waals surface area contributed by atoms with E-state index in [1.54, 1.807) is 0 Å². The molecule has 0 bridgehead atoms. The fourth-order valence-corrected chi connectivity index (χ4v) is 2.07. The molecule has 1 aromatic rings. The maximum absolute atomic E-state index is 4.34. The van der Waals surface area contributed by atoms with Crippen molar-refractivity contribution in [2.75, 3.05) is 32.1 Å². The Bertz CT molecular complexity index is 332. The van der Waals surface area contributed by atoms with Gasteiger partial charge in [-0.3, -0.25) is 0 Å². The lowest BCUT2D eigenvalue weighted by molar-refractivity contribution is 0.408. The molecule has 94 valence electrons. The number of nitrogens with zero attached hydrogens (tertiary/aromatic N) is 3. The van der Waals surface area contributed by atoms with E-state index in [2.05, 4.69) is 39.6 Å². The molecule has 0 unspecified atom stereocenters. The van der Waals surface area contributed by atoms with Crippen LogP contribution in [0.25, 0.3) is 0 Å². The number of hydrogen-bond donors (Lipinski definition) is 1. The largest absolute Gasteiger partial charge is 0.358 e. The highest BCUT2D eigenvalue weighted by Crippen LogP contribution is 2.34. The van der Waals surface area contributed by atoms with Crippen LogP contribution in [-0.4, -0.2) is 37.4 Å². The molecular weight excluding hydrogens is 212 g/mol. The molecule has 17 heavy (non-hydrogen) atoms. The van der Waals surface area contributed by atoms with Gasteiger partial charge in [0.15, 0.2) is 5.82 Å². The summed E-state index contributed by atoms with van der Waals surface area (Å²) in [5, 5.41) is 11.8. The summed E-state index contributed by atoms with van der Waals surface area (Å²) in [6.45, 7) is 2.05. The minimum Gasteiger partial charge on any atom is -0.358 e. The van der Waals surface area contributed by atoms with Crippen molar-refractivity contribution in [2.24, 2.45) is 0 Å². The SMILES string of the molecule is CNCCCN(C)c1ccc(C2CCC2)nn1. The van der Waals surface area contributed by atoms with Crippen molar-refractivity contribution < 1.29 is 0 Å². The number of anilines is 1. The first-order valence-electron chi connectivity index (χ1n) is 6.50. The van der Waals surface area contributed by atoms with Crippen LogP contribution in [0.3, 0.4) is 0 Å². The highest BCUT2D eigenvalue weighted by atomic mass is 15.2. The zero-order valence-electron chi connectivity index (χ0n) is 10.8. The maximum atomic E-state index is 4.34. The predicted octanol–water partition coefficient (Wildman–Crippen LogP) is 1.79. The van der Waals surface area contributed by atoms with Gasteiger partial charge in [0.2, 0.25) is 0 Å². The van der Waals surface area contributed by atoms with Crippen LogP contribution >= 0.6 is 0 Å². The summed E-state index contributed by atoms with van der Waals surface area (Å²) < 4.78 is 0. The smallest absolute Gasteiger partial charge is 0.150 e. The van der Waals surface area contributed by atoms with Gasteiger partial charge in [0, 0.05) is 19.5 Å². The first-order chi connectivity index (χ1) is 8.31. The Morgan fingerprint density at radius 2 is 2.18 bits per heavy atom. The summed E-state index contributed by atoms with van der Waals surface area (Å²) in [4.78, 5) is 2.16. The average molecular weight is 234 g/mol. The minimum atomic E-state index is 0.672. The average Bonchev–Trinajstić information content (AvgIpc) is 2.28. The van der Waals surface area contributed by atoms with E-state index in [1.165, 1.54) is 25.0 Å². The van der Waals surface area contributed by atoms with Crippen molar-refractivity contribution in [3.05, 3.63) is 17.8 Å². The lowest BCUT2D eigenvalue weighted by Crippen LogP contribution is -2.23. The number of rotatable bonds is 6. The van der Waals surface area contributed by atoms with Crippen molar-refractivity contribution in [1.29, 1.82) is 0 Å². The third kappa shape index (κ3) is 3.16. The standard InChI is InChI=1S/C13H22N4/c1-14-9-4-10-17(2)13-8-7-12(15-16-13)11-5-3-6-11/h7-8,11,14H,3-6,9-10H2,1-2H3. The van der Waals surface area contributed by atoms with E-state index in [0.29, 0.717) is 5.92 Å². The van der Waals surface area contributed by atoms with Crippen LogP contribution < -0.4 is 10.2 Å². The van der Waals surface area contributed by atoms with E-state index in [9.17, 15) is 0 Å². The first kappa shape index (κ1) is 12.3. The Morgan fingerprint density at radius 1 is 1.35 bits per heavy atom. The van der Waals surface area contributed by atoms with E-state index < -0.39 is 0 Å². The summed E-state index contributed by atoms with van der Waals surface area (Å²) in [6.07, 6.45) is 5.04. The monoisotopic (exact) mass is 234 g/mol. The van der Waals surface area contributed by atoms with E-state index in [-0.39, 0.29) is 0 Å². The van der Waals surface area contributed by atoms with Crippen molar-refractivity contribution in [1.82, 2.24) is 15.5 Å². The number of aromatic nitrogens is 2. The highest BCUT2D eigenvalue weighted by molar-refractivity contribution is 5.36. The summed E-state index contributed by atoms with van der Waals surface area (Å²) >= 11 is 0. The Hall–Kier alpha value is -1.16. The second kappa shape index (κ2) is 5.96. The zero-order valence-corrected chi connectivity index (χ0v) is 10.8. The molecule has 2 rings (SSSR count). The molecule has 0 atom stereocenters. The van der Waals surface area contributed by atoms with Crippen molar-refractivity contribution in [3.8, 4) is 0 Å². The number of hydrogen-bond acceptors (Lipinski definition) is 4. The summed E-state index contributed by atoms with van der Waals surface area (Å²) in [6, 6.07) is 4.24. The second-order valence-corrected chi connectivity index (χ2v) is 4.82. The van der Waals surface area contributed by atoms with Gasteiger partial charge in [0.25, 0.3) is 0 Å². The molecule has 1 saturated carbocycles. The molecule has 0 aliphatic heterocycles. The molecule has 0 saturated heterocycles. The molecule has 1 aromatic heterocycles. The molecule has 0 spiro atoms. The van der Waals surface area contributed by atoms with Gasteiger partial charge in [-0.25, -0.2) is 0 Å². The van der Waals surface area contributed by atoms with E-state index in [4.69, 9.17) is 0 Å². The van der Waals surface area contributed by atoms with Crippen LogP contribution in [0, 0.1) is 0 Å². The Morgan fingerprint density at radius 3 is 2.71 bits per heavy atom. The fraction of sp³-hybridized carbons (Fsp3) is 0.692. The van der Waals surface area contributed by atoms with Crippen molar-refractivity contribution in [2.45, 2.75) is 31.6 Å². The molecule has 1 heterocycles. The molecule has 1 N–H and O–H groups in total. The van der Waals surface area contributed by atoms with Gasteiger partial charge in [0.05, 0.1) is 5.69 Å². The van der Waals surface area contributed by atoms with Crippen LogP contribution in [0.1, 0.15) is 37.3 Å². The lowest BCUT2D eigenvalue weighted by atomic mass is 9.83. The van der Waals surface area contributed by atoms with Crippen LogP contribution in [0.2, 0.25) is 0 Å². The molecule has 0 aromatic carbocycles. The molecule has 1 fully saturated rings. The molecule has 1 aliphatic rings. The van der Waals surface area contributed by atoms with Gasteiger partial charge < -0.3 is 10.2 Å². The van der Waals surface area contributed by atoms with E-state index >= 15 is 0 Å². The Labute approximate surface area is 103 Å². The maximum Gasteiger partial charge on any atom is 0.150 e. The van der Waals surface area contributed by atoms with Crippen LogP contribution in [0.5, 0.6) is 0 Å². The summed E-state index contributed by atoms with van der Waals surface area (Å²) in [7, 11) is 4.05. The quantitative estimate of drug-likeness (QED) is 0.762. The third-order valence-corrected chi connectivity index (χ3v) is 3.51. The van der Waals surface area contributed by atoms with Crippen molar-refractivity contribution in [3.63, 3.8) is 0 Å². The normalized spacial score (nSPS) is 15.6. The summed E-state index contributed by atoms with van der Waals surface area (Å²) in [5.74, 6) is 1.65. The number of nitrogens with one attached hydrogen (secondary N) is 1. The van der Waals surface area contributed by atoms with Crippen LogP contribution in [0.15, 0.2) is 12.1 Å². The molecule has 0 amide bonds. The van der Waals surface area contributed by atoms with Gasteiger partial charge in [0.1, 0.15) is 0 Å². The predicted molar refractivity (Wildman–Crippen MR) is 70.4 cm³/mol. The Kier molecular flexibility index (Phi) is 4.31. The molecular formula is C13H22N4. The van der Waals surface area contributed by atoms with Crippen molar-refractivity contribution >= 4 is 5.82 Å². The second-order valence-electron chi connectivity index (χ2n) is 4.82. The van der Waals surface area contributed by atoms with Gasteiger partial charge in [-0.2, -0.15) is 5.10 Å². The third-order valence-electron chi connectivity index (χ3n) is 3.51. The summed E-state index contributed by atoms with van der Waals surface area (Å²) in [5.41, 5.74) is 1.17. The molecule has 1 aliphatic carbocycles. The van der Waals surface area contributed by atoms with E-state index in [0.717, 1.165) is 25.3 Å². The topological polar surface area (TPSA) is 41.0 Å². The van der Waals surface area contributed by atoms with Crippen LogP contribution in [0.4, 0.5) is 5.82 Å². The van der Waals surface area contributed by atoms with E-state index in [1.807, 2.05) is 7.05 Å². The van der Waals surface area contributed by atoms with Gasteiger partial charge in [-0.05, 0) is 45.0 Å². The molecule has 0 radical (unpaired) electrons. The minimum absolute atomic E-state index is 0.672. The zero-order chi connectivity index (χ0) is 12.1. The Balaban J connectivity index is 1.87. The first-order valence-corrected chi connectivity index (χ1v) is 6.50. The highest BCUT2D eigenvalue weighted by Gasteiger charge is 2.21. The van der Waals surface area contributed by atoms with Gasteiger partial charge in [-0.1, -0.05) is 6.42 Å². The molecule has 4 heteroatoms. The molecule has 4 nitrogen and oxygen atoms in total. The fourth-order valence-electron chi connectivity index (χ4n) is 2.07.